The molecule has 0 saturated heterocycles. The lowest BCUT2D eigenvalue weighted by molar-refractivity contribution is 0.167. The van der Waals surface area contributed by atoms with Crippen molar-refractivity contribution in [2.24, 2.45) is 40.9 Å². The van der Waals surface area contributed by atoms with Crippen LogP contribution < -0.4 is 0 Å². The third-order valence-electron chi connectivity index (χ3n) is 8.68. The molecule has 236 valence electrons. The average molecular weight is 557 g/mol. The van der Waals surface area contributed by atoms with Crippen molar-refractivity contribution in [2.45, 2.75) is 168 Å². The fourth-order valence-electron chi connectivity index (χ4n) is 6.28. The number of hydrogen-bond acceptors (Lipinski definition) is 0. The van der Waals surface area contributed by atoms with Gasteiger partial charge in [-0.15, -0.1) is 0 Å². The lowest BCUT2D eigenvalue weighted by Gasteiger charge is -2.36. The van der Waals surface area contributed by atoms with Crippen molar-refractivity contribution in [3.05, 3.63) is 47.6 Å². The Labute approximate surface area is 255 Å². The molecule has 0 heteroatoms. The van der Waals surface area contributed by atoms with Gasteiger partial charge in [0.25, 0.3) is 0 Å². The van der Waals surface area contributed by atoms with Crippen LogP contribution in [0.3, 0.4) is 0 Å². The molecule has 0 spiro atoms. The maximum Gasteiger partial charge on any atom is -0.0135 e. The molecule has 40 heavy (non-hydrogen) atoms. The molecule has 0 nitrogen and oxygen atoms in total. The van der Waals surface area contributed by atoms with Crippen LogP contribution in [-0.2, 0) is 0 Å². The highest BCUT2D eigenvalue weighted by Gasteiger charge is 2.29. The molecule has 0 aromatic heterocycles. The van der Waals surface area contributed by atoms with E-state index in [9.17, 15) is 0 Å². The molecule has 0 heterocycles. The van der Waals surface area contributed by atoms with E-state index in [2.05, 4.69) is 106 Å². The van der Waals surface area contributed by atoms with Crippen LogP contribution in [0, 0.1) is 40.9 Å². The van der Waals surface area contributed by atoms with E-state index in [-0.39, 0.29) is 7.43 Å². The smallest absolute Gasteiger partial charge is 0.0135 e. The van der Waals surface area contributed by atoms with Gasteiger partial charge in [-0.2, -0.15) is 0 Å². The summed E-state index contributed by atoms with van der Waals surface area (Å²) < 4.78 is 0. The molecule has 0 amide bonds. The zero-order valence-electron chi connectivity index (χ0n) is 28.9. The molecule has 0 N–H and O–H groups in total. The molecule has 3 aliphatic rings. The van der Waals surface area contributed by atoms with Crippen molar-refractivity contribution in [3.8, 4) is 0 Å². The van der Waals surface area contributed by atoms with Gasteiger partial charge < -0.3 is 0 Å². The molecule has 3 atom stereocenters. The van der Waals surface area contributed by atoms with Crippen LogP contribution in [-0.4, -0.2) is 0 Å². The van der Waals surface area contributed by atoms with Crippen molar-refractivity contribution >= 4 is 0 Å². The zero-order valence-corrected chi connectivity index (χ0v) is 28.9. The molecule has 0 bridgehead atoms. The van der Waals surface area contributed by atoms with Crippen LogP contribution in [0.5, 0.6) is 0 Å². The van der Waals surface area contributed by atoms with E-state index < -0.39 is 0 Å². The number of allylic oxidation sites excluding steroid dienone is 8. The summed E-state index contributed by atoms with van der Waals surface area (Å²) in [6.07, 6.45) is 30.8. The van der Waals surface area contributed by atoms with Crippen LogP contribution in [0.2, 0.25) is 0 Å². The Balaban J connectivity index is 0. The number of rotatable bonds is 9. The summed E-state index contributed by atoms with van der Waals surface area (Å²) in [6, 6.07) is 0. The molecule has 2 unspecified atom stereocenters. The standard InChI is InChI=1S/C23H40.C11H18.C3H8.C2H6.CH4/c1-5-19-11-13-22(14-12-19)23(17-21-9-7-8-10-21)16-20(6-2)15-18(3)4;1-9-5-7-10(8-6-9)11(2,3)4;1-3-2;1-2;/h7,9-10,18-20,22-23H,5-6,8,11-17H2,1-4H3;5,7-9H,6H2,1-4H3;3H2,1-2H3;1-2H3;1H4/t19?,20?,22?,23-;;;;/m1..../s1. The maximum atomic E-state index is 2.47. The first-order valence-corrected chi connectivity index (χ1v) is 17.3. The average Bonchev–Trinajstić information content (AvgIpc) is 3.42. The second-order valence-electron chi connectivity index (χ2n) is 13.9. The Kier molecular flexibility index (Phi) is 24.2. The molecule has 1 saturated carbocycles. The predicted octanol–water partition coefficient (Wildman–Crippen LogP) is 14.2. The third kappa shape index (κ3) is 17.7. The van der Waals surface area contributed by atoms with Crippen molar-refractivity contribution in [2.75, 3.05) is 0 Å². The predicted molar refractivity (Wildman–Crippen MR) is 188 cm³/mol. The highest BCUT2D eigenvalue weighted by molar-refractivity contribution is 5.28. The van der Waals surface area contributed by atoms with Gasteiger partial charge in [0, 0.05) is 0 Å². The van der Waals surface area contributed by atoms with Crippen molar-refractivity contribution in [1.82, 2.24) is 0 Å². The first kappa shape index (κ1) is 41.1. The van der Waals surface area contributed by atoms with Crippen LogP contribution >= 0.6 is 0 Å². The second-order valence-corrected chi connectivity index (χ2v) is 13.9. The van der Waals surface area contributed by atoms with E-state index in [0.717, 1.165) is 35.5 Å². The van der Waals surface area contributed by atoms with E-state index in [4.69, 9.17) is 0 Å². The van der Waals surface area contributed by atoms with Crippen LogP contribution in [0.15, 0.2) is 47.6 Å². The molecule has 3 rings (SSSR count). The normalized spacial score (nSPS) is 23.2. The van der Waals surface area contributed by atoms with Gasteiger partial charge in [0.05, 0.1) is 0 Å². The summed E-state index contributed by atoms with van der Waals surface area (Å²) >= 11 is 0. The molecule has 3 aliphatic carbocycles. The number of hydrogen-bond donors (Lipinski definition) is 0. The van der Waals surface area contributed by atoms with E-state index in [1.165, 1.54) is 82.6 Å². The molecule has 0 aromatic carbocycles. The lowest BCUT2D eigenvalue weighted by Crippen LogP contribution is -2.24. The molecule has 0 aromatic rings. The summed E-state index contributed by atoms with van der Waals surface area (Å²) in [5.41, 5.74) is 3.44. The van der Waals surface area contributed by atoms with Crippen molar-refractivity contribution in [1.29, 1.82) is 0 Å². The zero-order chi connectivity index (χ0) is 29.8. The van der Waals surface area contributed by atoms with Gasteiger partial charge in [-0.25, -0.2) is 0 Å². The van der Waals surface area contributed by atoms with Crippen LogP contribution in [0.25, 0.3) is 0 Å². The third-order valence-corrected chi connectivity index (χ3v) is 8.68. The van der Waals surface area contributed by atoms with Gasteiger partial charge in [-0.3, -0.25) is 0 Å². The van der Waals surface area contributed by atoms with Gasteiger partial charge >= 0.3 is 0 Å². The van der Waals surface area contributed by atoms with Gasteiger partial charge in [-0.05, 0) is 91.4 Å². The van der Waals surface area contributed by atoms with Crippen molar-refractivity contribution in [3.63, 3.8) is 0 Å². The summed E-state index contributed by atoms with van der Waals surface area (Å²) in [6.45, 7) is 26.9. The van der Waals surface area contributed by atoms with Crippen molar-refractivity contribution < 1.29 is 0 Å². The first-order valence-electron chi connectivity index (χ1n) is 17.3. The molecular weight excluding hydrogens is 480 g/mol. The Hall–Kier alpha value is -1.04. The van der Waals surface area contributed by atoms with Gasteiger partial charge in [0.15, 0.2) is 0 Å². The van der Waals surface area contributed by atoms with Gasteiger partial charge in [-0.1, -0.05) is 165 Å². The molecule has 1 fully saturated rings. The Bertz CT molecular complexity index is 699. The molecular formula is C40H76. The fraction of sp³-hybridized carbons (Fsp3) is 0.800. The largest absolute Gasteiger partial charge is 0.0811 e. The summed E-state index contributed by atoms with van der Waals surface area (Å²) in [5, 5.41) is 0. The summed E-state index contributed by atoms with van der Waals surface area (Å²) in [7, 11) is 0. The van der Waals surface area contributed by atoms with E-state index in [1.54, 1.807) is 5.57 Å². The fourth-order valence-corrected chi connectivity index (χ4v) is 6.28. The van der Waals surface area contributed by atoms with Crippen LogP contribution in [0.1, 0.15) is 168 Å². The SMILES string of the molecule is C.CC.CC1C=CC(C(C)(C)C)=CC1.CCC.CCC1CCC([C@@H](CC2=CCC=C2)CC(CC)CC(C)C)CC1. The lowest BCUT2D eigenvalue weighted by atomic mass is 9.70. The second kappa shape index (κ2) is 23.5. The minimum Gasteiger partial charge on any atom is -0.0811 e. The van der Waals surface area contributed by atoms with E-state index in [1.807, 2.05) is 13.8 Å². The Morgan fingerprint density at radius 3 is 1.88 bits per heavy atom. The summed E-state index contributed by atoms with van der Waals surface area (Å²) in [4.78, 5) is 0. The molecule has 0 aliphatic heterocycles. The highest BCUT2D eigenvalue weighted by Crippen LogP contribution is 2.41. The first-order chi connectivity index (χ1) is 18.5. The summed E-state index contributed by atoms with van der Waals surface area (Å²) in [5.74, 6) is 5.48. The van der Waals surface area contributed by atoms with Crippen LogP contribution in [0.4, 0.5) is 0 Å². The maximum absolute atomic E-state index is 2.47. The highest BCUT2D eigenvalue weighted by atomic mass is 14.3. The van der Waals surface area contributed by atoms with Gasteiger partial charge in [0.1, 0.15) is 0 Å². The minimum atomic E-state index is 0. The minimum absolute atomic E-state index is 0. The quantitative estimate of drug-likeness (QED) is 0.265. The van der Waals surface area contributed by atoms with E-state index >= 15 is 0 Å². The monoisotopic (exact) mass is 557 g/mol. The topological polar surface area (TPSA) is 0 Å². The van der Waals surface area contributed by atoms with Gasteiger partial charge in [0.2, 0.25) is 0 Å². The Morgan fingerprint density at radius 1 is 0.875 bits per heavy atom. The molecule has 0 radical (unpaired) electrons. The van der Waals surface area contributed by atoms with E-state index in [0.29, 0.717) is 5.41 Å². The Morgan fingerprint density at radius 2 is 1.48 bits per heavy atom.